The van der Waals surface area contributed by atoms with Crippen molar-refractivity contribution in [3.8, 4) is 0 Å². The van der Waals surface area contributed by atoms with E-state index in [1.807, 2.05) is 6.92 Å². The van der Waals surface area contributed by atoms with Gasteiger partial charge in [-0.1, -0.05) is 0 Å². The highest BCUT2D eigenvalue weighted by molar-refractivity contribution is 5.50. The first kappa shape index (κ1) is 17.3. The molecule has 0 aromatic carbocycles. The molecular formula is C18H22F3N5. The summed E-state index contributed by atoms with van der Waals surface area (Å²) in [7, 11) is 0. The Kier molecular flexibility index (Phi) is 4.36. The zero-order valence-corrected chi connectivity index (χ0v) is 14.7. The van der Waals surface area contributed by atoms with Gasteiger partial charge in [0.05, 0.1) is 6.20 Å². The number of aromatic nitrogens is 4. The standard InChI is InChI=1S/C18H22F3N5/c1-11-23-14-5-3-2-4-13(14)17(24-11)26-8-6-12(7-9-26)16-22-10-15(25-16)18(19,20)21/h10,12H,2-9H2,1H3,(H,22,25). The number of alkyl halides is 3. The predicted molar refractivity (Wildman–Crippen MR) is 91.2 cm³/mol. The quantitative estimate of drug-likeness (QED) is 0.880. The van der Waals surface area contributed by atoms with E-state index >= 15 is 0 Å². The van der Waals surface area contributed by atoms with Gasteiger partial charge in [0.1, 0.15) is 23.2 Å². The van der Waals surface area contributed by atoms with Crippen LogP contribution in [0.4, 0.5) is 19.0 Å². The zero-order chi connectivity index (χ0) is 18.3. The Hall–Kier alpha value is -2.12. The second-order valence-electron chi connectivity index (χ2n) is 7.17. The van der Waals surface area contributed by atoms with Crippen LogP contribution < -0.4 is 4.90 Å². The molecule has 0 unspecified atom stereocenters. The Bertz CT molecular complexity index is 791. The molecule has 2 aromatic rings. The van der Waals surface area contributed by atoms with E-state index < -0.39 is 11.9 Å². The third-order valence-electron chi connectivity index (χ3n) is 5.36. The summed E-state index contributed by atoms with van der Waals surface area (Å²) in [5, 5.41) is 0. The molecule has 26 heavy (non-hydrogen) atoms. The van der Waals surface area contributed by atoms with Crippen LogP contribution in [0, 0.1) is 6.92 Å². The number of rotatable bonds is 2. The van der Waals surface area contributed by atoms with Gasteiger partial charge in [-0.25, -0.2) is 15.0 Å². The third kappa shape index (κ3) is 3.29. The number of imidazole rings is 1. The van der Waals surface area contributed by atoms with Gasteiger partial charge in [0.2, 0.25) is 0 Å². The van der Waals surface area contributed by atoms with Crippen molar-refractivity contribution in [3.05, 3.63) is 34.8 Å². The van der Waals surface area contributed by atoms with E-state index in [2.05, 4.69) is 24.8 Å². The molecular weight excluding hydrogens is 343 g/mol. The van der Waals surface area contributed by atoms with Crippen molar-refractivity contribution in [1.29, 1.82) is 0 Å². The van der Waals surface area contributed by atoms with Crippen molar-refractivity contribution < 1.29 is 13.2 Å². The van der Waals surface area contributed by atoms with Gasteiger partial charge >= 0.3 is 6.18 Å². The number of aromatic amines is 1. The van der Waals surface area contributed by atoms with E-state index in [0.717, 1.165) is 63.0 Å². The lowest BCUT2D eigenvalue weighted by Gasteiger charge is -2.34. The Morgan fingerprint density at radius 1 is 1.12 bits per heavy atom. The van der Waals surface area contributed by atoms with Crippen molar-refractivity contribution in [3.63, 3.8) is 0 Å². The highest BCUT2D eigenvalue weighted by atomic mass is 19.4. The summed E-state index contributed by atoms with van der Waals surface area (Å²) in [6.45, 7) is 3.47. The molecule has 1 N–H and O–H groups in total. The smallest absolute Gasteiger partial charge is 0.356 e. The van der Waals surface area contributed by atoms with Crippen LogP contribution in [0.25, 0.3) is 0 Å². The monoisotopic (exact) mass is 365 g/mol. The number of nitrogens with one attached hydrogen (secondary N) is 1. The van der Waals surface area contributed by atoms with Crippen LogP contribution in [0.2, 0.25) is 0 Å². The maximum Gasteiger partial charge on any atom is 0.432 e. The van der Waals surface area contributed by atoms with Crippen LogP contribution in [0.15, 0.2) is 6.20 Å². The maximum absolute atomic E-state index is 12.8. The number of halogens is 3. The largest absolute Gasteiger partial charge is 0.432 e. The van der Waals surface area contributed by atoms with E-state index in [1.54, 1.807) is 0 Å². The van der Waals surface area contributed by atoms with Gasteiger partial charge in [0, 0.05) is 30.3 Å². The first-order chi connectivity index (χ1) is 12.4. The first-order valence-electron chi connectivity index (χ1n) is 9.15. The number of H-pyrrole nitrogens is 1. The second-order valence-corrected chi connectivity index (χ2v) is 7.17. The Labute approximate surface area is 150 Å². The van der Waals surface area contributed by atoms with E-state index in [-0.39, 0.29) is 5.92 Å². The van der Waals surface area contributed by atoms with Crippen LogP contribution in [-0.4, -0.2) is 33.0 Å². The number of aryl methyl sites for hydroxylation is 2. The van der Waals surface area contributed by atoms with Crippen molar-refractivity contribution in [2.45, 2.75) is 57.5 Å². The number of hydrogen-bond donors (Lipinski definition) is 1. The fourth-order valence-corrected chi connectivity index (χ4v) is 4.01. The van der Waals surface area contributed by atoms with Crippen LogP contribution in [0.1, 0.15) is 60.2 Å². The summed E-state index contributed by atoms with van der Waals surface area (Å²) >= 11 is 0. The summed E-state index contributed by atoms with van der Waals surface area (Å²) in [6, 6.07) is 0. The van der Waals surface area contributed by atoms with E-state index in [0.29, 0.717) is 5.82 Å². The van der Waals surface area contributed by atoms with Gasteiger partial charge in [-0.3, -0.25) is 0 Å². The van der Waals surface area contributed by atoms with Crippen molar-refractivity contribution in [2.75, 3.05) is 18.0 Å². The van der Waals surface area contributed by atoms with Gasteiger partial charge in [-0.15, -0.1) is 0 Å². The number of hydrogen-bond acceptors (Lipinski definition) is 4. The number of fused-ring (bicyclic) bond motifs is 1. The molecule has 0 atom stereocenters. The fraction of sp³-hybridized carbons (Fsp3) is 0.611. The van der Waals surface area contributed by atoms with E-state index in [1.165, 1.54) is 17.7 Å². The molecule has 1 aliphatic carbocycles. The summed E-state index contributed by atoms with van der Waals surface area (Å²) < 4.78 is 38.3. The van der Waals surface area contributed by atoms with Crippen molar-refractivity contribution >= 4 is 5.82 Å². The highest BCUT2D eigenvalue weighted by Gasteiger charge is 2.34. The molecule has 1 saturated heterocycles. The van der Waals surface area contributed by atoms with Gasteiger partial charge < -0.3 is 9.88 Å². The van der Waals surface area contributed by atoms with E-state index in [4.69, 9.17) is 0 Å². The van der Waals surface area contributed by atoms with Crippen LogP contribution in [0.3, 0.4) is 0 Å². The molecule has 0 radical (unpaired) electrons. The molecule has 3 heterocycles. The molecule has 2 aromatic heterocycles. The molecule has 0 saturated carbocycles. The maximum atomic E-state index is 12.8. The average Bonchev–Trinajstić information content (AvgIpc) is 3.12. The molecule has 140 valence electrons. The van der Waals surface area contributed by atoms with Crippen LogP contribution in [-0.2, 0) is 19.0 Å². The van der Waals surface area contributed by atoms with Crippen molar-refractivity contribution in [2.24, 2.45) is 0 Å². The molecule has 0 spiro atoms. The van der Waals surface area contributed by atoms with Crippen molar-refractivity contribution in [1.82, 2.24) is 19.9 Å². The molecule has 2 aliphatic rings. The molecule has 1 aliphatic heterocycles. The summed E-state index contributed by atoms with van der Waals surface area (Å²) in [6.07, 6.45) is 2.41. The highest BCUT2D eigenvalue weighted by Crippen LogP contribution is 2.34. The number of anilines is 1. The minimum Gasteiger partial charge on any atom is -0.356 e. The molecule has 8 heteroatoms. The van der Waals surface area contributed by atoms with Crippen LogP contribution in [0.5, 0.6) is 0 Å². The van der Waals surface area contributed by atoms with E-state index in [9.17, 15) is 13.2 Å². The molecule has 0 bridgehead atoms. The second kappa shape index (κ2) is 6.55. The molecule has 4 rings (SSSR count). The zero-order valence-electron chi connectivity index (χ0n) is 14.7. The average molecular weight is 365 g/mol. The summed E-state index contributed by atoms with van der Waals surface area (Å²) in [5.41, 5.74) is 1.66. The van der Waals surface area contributed by atoms with Gasteiger partial charge in [0.25, 0.3) is 0 Å². The van der Waals surface area contributed by atoms with Gasteiger partial charge in [0.15, 0.2) is 0 Å². The minimum atomic E-state index is -4.37. The lowest BCUT2D eigenvalue weighted by molar-refractivity contribution is -0.141. The molecule has 1 fully saturated rings. The predicted octanol–water partition coefficient (Wildman–Crippen LogP) is 3.79. The SMILES string of the molecule is Cc1nc2c(c(N3CCC(c4ncc(C(F)(F)F)[nH]4)CC3)n1)CCCC2. The molecule has 5 nitrogen and oxygen atoms in total. The topological polar surface area (TPSA) is 57.7 Å². The Morgan fingerprint density at radius 3 is 2.54 bits per heavy atom. The third-order valence-corrected chi connectivity index (χ3v) is 5.36. The first-order valence-corrected chi connectivity index (χ1v) is 9.15. The Balaban J connectivity index is 1.49. The number of piperidine rings is 1. The summed E-state index contributed by atoms with van der Waals surface area (Å²) in [5.74, 6) is 2.30. The lowest BCUT2D eigenvalue weighted by Crippen LogP contribution is -2.35. The normalized spacial score (nSPS) is 18.8. The Morgan fingerprint density at radius 2 is 1.85 bits per heavy atom. The van der Waals surface area contributed by atoms with Crippen LogP contribution >= 0.6 is 0 Å². The molecule has 0 amide bonds. The van der Waals surface area contributed by atoms with Gasteiger partial charge in [-0.05, 0) is 45.4 Å². The lowest BCUT2D eigenvalue weighted by atomic mass is 9.93. The fourth-order valence-electron chi connectivity index (χ4n) is 4.01. The minimum absolute atomic E-state index is 0.0288. The van der Waals surface area contributed by atoms with Gasteiger partial charge in [-0.2, -0.15) is 13.2 Å². The number of nitrogens with zero attached hydrogens (tertiary/aromatic N) is 4. The summed E-state index contributed by atoms with van der Waals surface area (Å²) in [4.78, 5) is 18.0.